The molecule has 0 spiro atoms. The van der Waals surface area contributed by atoms with E-state index in [2.05, 4.69) is 0 Å². The van der Waals surface area contributed by atoms with Crippen LogP contribution in [0.25, 0.3) is 0 Å². The van der Waals surface area contributed by atoms with E-state index in [4.69, 9.17) is 0 Å². The smallest absolute Gasteiger partial charge is 0.304 e. The van der Waals surface area contributed by atoms with Gasteiger partial charge in [-0.15, -0.1) is 11.3 Å². The molecule has 112 valence electrons. The summed E-state index contributed by atoms with van der Waals surface area (Å²) in [5.41, 5.74) is 0.675. The molecule has 0 radical (unpaired) electrons. The zero-order valence-electron chi connectivity index (χ0n) is 11.6. The van der Waals surface area contributed by atoms with Crippen molar-refractivity contribution in [3.63, 3.8) is 0 Å². The topological polar surface area (TPSA) is 66.6 Å². The number of anilines is 1. The quantitative estimate of drug-likeness (QED) is 0.678. The van der Waals surface area contributed by atoms with Crippen molar-refractivity contribution < 1.29 is 14.4 Å². The molecule has 1 atom stereocenters. The molecular weight excluding hydrogens is 295 g/mol. The Bertz CT molecular complexity index is 657. The van der Waals surface area contributed by atoms with Crippen LogP contribution in [-0.2, 0) is 6.54 Å². The Balaban J connectivity index is 2.29. The molecule has 7 heteroatoms. The number of rotatable bonds is 5. The highest BCUT2D eigenvalue weighted by atomic mass is 32.1. The Kier molecular flexibility index (Phi) is 4.54. The van der Waals surface area contributed by atoms with Gasteiger partial charge in [0.1, 0.15) is 5.82 Å². The van der Waals surface area contributed by atoms with Crippen LogP contribution in [0.3, 0.4) is 0 Å². The number of hydrogen-bond acceptors (Lipinski definition) is 5. The number of aliphatic hydroxyl groups is 1. The molecule has 21 heavy (non-hydrogen) atoms. The van der Waals surface area contributed by atoms with Crippen LogP contribution in [-0.4, -0.2) is 17.1 Å². The summed E-state index contributed by atoms with van der Waals surface area (Å²) >= 11 is 1.17. The van der Waals surface area contributed by atoms with Crippen molar-refractivity contribution in [2.75, 3.05) is 11.9 Å². The van der Waals surface area contributed by atoms with E-state index >= 15 is 0 Å². The zero-order chi connectivity index (χ0) is 15.6. The predicted molar refractivity (Wildman–Crippen MR) is 80.1 cm³/mol. The van der Waals surface area contributed by atoms with Crippen LogP contribution in [0, 0.1) is 15.9 Å². The van der Waals surface area contributed by atoms with Gasteiger partial charge in [0.2, 0.25) is 0 Å². The molecule has 2 aromatic rings. The van der Waals surface area contributed by atoms with Gasteiger partial charge in [-0.1, -0.05) is 12.1 Å². The van der Waals surface area contributed by atoms with Crippen molar-refractivity contribution in [1.82, 2.24) is 0 Å². The van der Waals surface area contributed by atoms with Crippen LogP contribution < -0.4 is 4.90 Å². The van der Waals surface area contributed by atoms with E-state index in [1.54, 1.807) is 31.0 Å². The highest BCUT2D eigenvalue weighted by Gasteiger charge is 2.23. The summed E-state index contributed by atoms with van der Waals surface area (Å²) in [5, 5.41) is 21.1. The standard InChI is InChI=1S/C14H15FN2O3S/c1-9(18)13-7-12(17(19)20)14(21-13)16(2)8-10-4-3-5-11(15)6-10/h3-7,9,18H,8H2,1-2H3/t9-/m1/s1. The average molecular weight is 310 g/mol. The Morgan fingerprint density at radius 3 is 2.76 bits per heavy atom. The lowest BCUT2D eigenvalue weighted by Gasteiger charge is -2.16. The Hall–Kier alpha value is -1.99. The summed E-state index contributed by atoms with van der Waals surface area (Å²) in [7, 11) is 1.70. The minimum Gasteiger partial charge on any atom is -0.388 e. The first kappa shape index (κ1) is 15.4. The number of halogens is 1. The predicted octanol–water partition coefficient (Wildman–Crippen LogP) is 3.49. The summed E-state index contributed by atoms with van der Waals surface area (Å²) in [5.74, 6) is -0.341. The molecule has 0 amide bonds. The van der Waals surface area contributed by atoms with Gasteiger partial charge in [-0.3, -0.25) is 10.1 Å². The monoisotopic (exact) mass is 310 g/mol. The van der Waals surface area contributed by atoms with E-state index in [0.717, 1.165) is 5.56 Å². The Morgan fingerprint density at radius 1 is 1.48 bits per heavy atom. The zero-order valence-corrected chi connectivity index (χ0v) is 12.4. The number of nitrogens with zero attached hydrogens (tertiary/aromatic N) is 2. The average Bonchev–Trinajstić information content (AvgIpc) is 2.84. The molecule has 1 aromatic carbocycles. The number of nitro groups is 1. The molecule has 0 fully saturated rings. The van der Waals surface area contributed by atoms with Crippen molar-refractivity contribution in [2.45, 2.75) is 19.6 Å². The van der Waals surface area contributed by atoms with Gasteiger partial charge in [0, 0.05) is 24.5 Å². The minimum atomic E-state index is -0.759. The molecule has 5 nitrogen and oxygen atoms in total. The number of thiophene rings is 1. The van der Waals surface area contributed by atoms with E-state index in [1.807, 2.05) is 0 Å². The molecule has 2 rings (SSSR count). The molecule has 0 saturated carbocycles. The lowest BCUT2D eigenvalue weighted by Crippen LogP contribution is -2.16. The summed E-state index contributed by atoms with van der Waals surface area (Å²) < 4.78 is 13.2. The van der Waals surface area contributed by atoms with E-state index < -0.39 is 11.0 Å². The van der Waals surface area contributed by atoms with E-state index in [1.165, 1.54) is 29.5 Å². The van der Waals surface area contributed by atoms with Gasteiger partial charge in [-0.05, 0) is 24.6 Å². The summed E-state index contributed by atoms with van der Waals surface area (Å²) in [6, 6.07) is 7.48. The van der Waals surface area contributed by atoms with Crippen molar-refractivity contribution in [3.05, 3.63) is 56.7 Å². The molecule has 0 aliphatic heterocycles. The number of hydrogen-bond donors (Lipinski definition) is 1. The Labute approximate surface area is 125 Å². The molecule has 0 saturated heterocycles. The fraction of sp³-hybridized carbons (Fsp3) is 0.286. The third-order valence-corrected chi connectivity index (χ3v) is 4.39. The third kappa shape index (κ3) is 3.56. The second kappa shape index (κ2) is 6.19. The molecule has 0 unspecified atom stereocenters. The molecule has 0 bridgehead atoms. The number of benzene rings is 1. The van der Waals surface area contributed by atoms with Crippen molar-refractivity contribution in [2.24, 2.45) is 0 Å². The molecule has 1 aromatic heterocycles. The first-order valence-electron chi connectivity index (χ1n) is 6.30. The summed E-state index contributed by atoms with van der Waals surface area (Å²) in [6.45, 7) is 1.91. The van der Waals surface area contributed by atoms with Crippen LogP contribution >= 0.6 is 11.3 Å². The van der Waals surface area contributed by atoms with Gasteiger partial charge < -0.3 is 10.0 Å². The van der Waals surface area contributed by atoms with Gasteiger partial charge in [0.15, 0.2) is 5.00 Å². The third-order valence-electron chi connectivity index (χ3n) is 2.98. The van der Waals surface area contributed by atoms with Crippen molar-refractivity contribution in [3.8, 4) is 0 Å². The molecular formula is C14H15FN2O3S. The first-order chi connectivity index (χ1) is 9.88. The van der Waals surface area contributed by atoms with Crippen LogP contribution in [0.15, 0.2) is 30.3 Å². The van der Waals surface area contributed by atoms with Gasteiger partial charge in [0.05, 0.1) is 11.0 Å². The maximum absolute atomic E-state index is 13.2. The van der Waals surface area contributed by atoms with E-state index in [9.17, 15) is 19.6 Å². The van der Waals surface area contributed by atoms with Crippen LogP contribution in [0.5, 0.6) is 0 Å². The van der Waals surface area contributed by atoms with Crippen LogP contribution in [0.1, 0.15) is 23.5 Å². The minimum absolute atomic E-state index is 0.0465. The van der Waals surface area contributed by atoms with Gasteiger partial charge in [-0.25, -0.2) is 4.39 Å². The van der Waals surface area contributed by atoms with Crippen LogP contribution in [0.2, 0.25) is 0 Å². The number of aliphatic hydroxyl groups excluding tert-OH is 1. The van der Waals surface area contributed by atoms with Crippen LogP contribution in [0.4, 0.5) is 15.1 Å². The fourth-order valence-electron chi connectivity index (χ4n) is 1.98. The molecule has 1 heterocycles. The Morgan fingerprint density at radius 2 is 2.19 bits per heavy atom. The van der Waals surface area contributed by atoms with E-state index in [0.29, 0.717) is 16.4 Å². The molecule has 1 N–H and O–H groups in total. The second-order valence-electron chi connectivity index (χ2n) is 4.76. The van der Waals surface area contributed by atoms with E-state index in [-0.39, 0.29) is 11.5 Å². The highest BCUT2D eigenvalue weighted by Crippen LogP contribution is 2.40. The maximum Gasteiger partial charge on any atom is 0.304 e. The van der Waals surface area contributed by atoms with Crippen molar-refractivity contribution >= 4 is 22.0 Å². The fourth-order valence-corrected chi connectivity index (χ4v) is 3.00. The van der Waals surface area contributed by atoms with Gasteiger partial charge >= 0.3 is 5.69 Å². The van der Waals surface area contributed by atoms with Crippen molar-refractivity contribution in [1.29, 1.82) is 0 Å². The molecule has 0 aliphatic rings. The molecule has 0 aliphatic carbocycles. The maximum atomic E-state index is 13.2. The largest absolute Gasteiger partial charge is 0.388 e. The summed E-state index contributed by atoms with van der Waals surface area (Å²) in [6.07, 6.45) is -0.759. The van der Waals surface area contributed by atoms with Gasteiger partial charge in [0.25, 0.3) is 0 Å². The second-order valence-corrected chi connectivity index (χ2v) is 5.82. The lowest BCUT2D eigenvalue weighted by molar-refractivity contribution is -0.383. The lowest BCUT2D eigenvalue weighted by atomic mass is 10.2. The van der Waals surface area contributed by atoms with Gasteiger partial charge in [-0.2, -0.15) is 0 Å². The first-order valence-corrected chi connectivity index (χ1v) is 7.12. The SMILES string of the molecule is C[C@@H](O)c1cc([N+](=O)[O-])c(N(C)Cc2cccc(F)c2)s1. The highest BCUT2D eigenvalue weighted by molar-refractivity contribution is 7.16. The summed E-state index contributed by atoms with van der Waals surface area (Å²) in [4.78, 5) is 12.9. The normalized spacial score (nSPS) is 12.2.